The zero-order valence-electron chi connectivity index (χ0n) is 20.6. The topological polar surface area (TPSA) is 52.6 Å². The van der Waals surface area contributed by atoms with Gasteiger partial charge in [-0.05, 0) is 12.5 Å². The first-order valence-electron chi connectivity index (χ1n) is 12.9. The highest BCUT2D eigenvalue weighted by atomic mass is 19.2. The number of hydrogen-bond donors (Lipinski definition) is 0. The maximum Gasteiger partial charge on any atom is 0.306 e. The van der Waals surface area contributed by atoms with Gasteiger partial charge in [-0.15, -0.1) is 0 Å². The summed E-state index contributed by atoms with van der Waals surface area (Å²) in [4.78, 5) is 23.4. The number of halogens is 3. The molecule has 0 heterocycles. The molecule has 0 aliphatic carbocycles. The van der Waals surface area contributed by atoms with Gasteiger partial charge < -0.3 is 9.47 Å². The molecule has 0 aromatic heterocycles. The molecule has 0 atom stereocenters. The van der Waals surface area contributed by atoms with Crippen LogP contribution in [0.2, 0.25) is 0 Å². The van der Waals surface area contributed by atoms with E-state index in [0.29, 0.717) is 18.7 Å². The third kappa shape index (κ3) is 15.0. The van der Waals surface area contributed by atoms with Crippen molar-refractivity contribution in [1.82, 2.24) is 0 Å². The third-order valence-electron chi connectivity index (χ3n) is 5.77. The lowest BCUT2D eigenvalue weighted by atomic mass is 10.0. The minimum Gasteiger partial charge on any atom is -0.466 e. The fraction of sp³-hybridized carbons (Fsp3) is 0.704. The molecule has 0 saturated carbocycles. The van der Waals surface area contributed by atoms with Gasteiger partial charge >= 0.3 is 11.9 Å². The zero-order chi connectivity index (χ0) is 25.0. The number of esters is 2. The first-order valence-corrected chi connectivity index (χ1v) is 12.9. The van der Waals surface area contributed by atoms with Crippen LogP contribution in [0.5, 0.6) is 0 Å². The lowest BCUT2D eigenvalue weighted by molar-refractivity contribution is -0.151. The van der Waals surface area contributed by atoms with E-state index >= 15 is 0 Å². The molecule has 0 aliphatic heterocycles. The largest absolute Gasteiger partial charge is 0.466 e. The summed E-state index contributed by atoms with van der Waals surface area (Å²) in [6.45, 7) is 2.04. The highest BCUT2D eigenvalue weighted by Gasteiger charge is 2.13. The van der Waals surface area contributed by atoms with Gasteiger partial charge in [-0.2, -0.15) is 0 Å². The molecule has 34 heavy (non-hydrogen) atoms. The normalized spacial score (nSPS) is 10.9. The van der Waals surface area contributed by atoms with E-state index < -0.39 is 36.0 Å². The van der Waals surface area contributed by atoms with Crippen molar-refractivity contribution in [1.29, 1.82) is 0 Å². The lowest BCUT2D eigenvalue weighted by Crippen LogP contribution is -2.11. The molecule has 0 unspecified atom stereocenters. The Balaban J connectivity index is 1.92. The summed E-state index contributed by atoms with van der Waals surface area (Å²) in [5.41, 5.74) is -0.271. The molecule has 1 aromatic rings. The van der Waals surface area contributed by atoms with Crippen molar-refractivity contribution in [2.75, 3.05) is 6.61 Å². The second-order valence-corrected chi connectivity index (χ2v) is 8.84. The fourth-order valence-corrected chi connectivity index (χ4v) is 3.66. The van der Waals surface area contributed by atoms with E-state index in [1.807, 2.05) is 0 Å². The van der Waals surface area contributed by atoms with Gasteiger partial charge in [0.05, 0.1) is 19.4 Å². The minimum absolute atomic E-state index is 0.141. The van der Waals surface area contributed by atoms with Crippen molar-refractivity contribution in [3.63, 3.8) is 0 Å². The molecule has 0 spiro atoms. The van der Waals surface area contributed by atoms with E-state index in [0.717, 1.165) is 19.3 Å². The van der Waals surface area contributed by atoms with Crippen molar-refractivity contribution in [2.24, 2.45) is 0 Å². The van der Waals surface area contributed by atoms with Crippen LogP contribution < -0.4 is 0 Å². The monoisotopic (exact) mass is 486 g/mol. The Labute approximate surface area is 202 Å². The summed E-state index contributed by atoms with van der Waals surface area (Å²) in [5.74, 6) is -4.77. The number of unbranched alkanes of at least 4 members (excludes halogenated alkanes) is 13. The van der Waals surface area contributed by atoms with E-state index in [2.05, 4.69) is 6.92 Å². The van der Waals surface area contributed by atoms with Crippen LogP contribution in [-0.4, -0.2) is 18.5 Å². The SMILES string of the molecule is CCCCCCCCCCCCCCCCOC(=O)CCC(=O)OCc1cc(F)c(F)cc1F. The molecule has 0 amide bonds. The summed E-state index contributed by atoms with van der Waals surface area (Å²) in [7, 11) is 0. The first kappa shape index (κ1) is 30.0. The van der Waals surface area contributed by atoms with Crippen molar-refractivity contribution < 1.29 is 32.2 Å². The average molecular weight is 487 g/mol. The Morgan fingerprint density at radius 1 is 0.618 bits per heavy atom. The van der Waals surface area contributed by atoms with Gasteiger partial charge in [-0.3, -0.25) is 9.59 Å². The smallest absolute Gasteiger partial charge is 0.306 e. The summed E-state index contributed by atoms with van der Waals surface area (Å²) >= 11 is 0. The third-order valence-corrected chi connectivity index (χ3v) is 5.77. The summed E-state index contributed by atoms with van der Waals surface area (Å²) in [6.07, 6.45) is 17.1. The summed E-state index contributed by atoms with van der Waals surface area (Å²) in [6, 6.07) is 1.04. The van der Waals surface area contributed by atoms with Crippen molar-refractivity contribution in [3.8, 4) is 0 Å². The van der Waals surface area contributed by atoms with Gasteiger partial charge in [0.1, 0.15) is 12.4 Å². The predicted molar refractivity (Wildman–Crippen MR) is 127 cm³/mol. The maximum atomic E-state index is 13.5. The number of rotatable bonds is 20. The van der Waals surface area contributed by atoms with Gasteiger partial charge in [0, 0.05) is 11.6 Å². The van der Waals surface area contributed by atoms with E-state index in [1.165, 1.54) is 70.6 Å². The van der Waals surface area contributed by atoms with E-state index in [1.54, 1.807) is 0 Å². The molecule has 0 fully saturated rings. The number of carbonyl (C=O) groups is 2. The highest BCUT2D eigenvalue weighted by Crippen LogP contribution is 2.15. The number of carbonyl (C=O) groups excluding carboxylic acids is 2. The highest BCUT2D eigenvalue weighted by molar-refractivity contribution is 5.77. The van der Waals surface area contributed by atoms with Crippen molar-refractivity contribution >= 4 is 11.9 Å². The molecule has 1 rings (SSSR count). The van der Waals surface area contributed by atoms with E-state index in [4.69, 9.17) is 9.47 Å². The van der Waals surface area contributed by atoms with Gasteiger partial charge in [0.25, 0.3) is 0 Å². The number of ether oxygens (including phenoxy) is 2. The van der Waals surface area contributed by atoms with Crippen LogP contribution >= 0.6 is 0 Å². The van der Waals surface area contributed by atoms with Crippen LogP contribution in [-0.2, 0) is 25.7 Å². The second kappa shape index (κ2) is 19.3. The summed E-state index contributed by atoms with van der Waals surface area (Å²) in [5, 5.41) is 0. The summed E-state index contributed by atoms with van der Waals surface area (Å²) < 4.78 is 49.4. The molecule has 0 N–H and O–H groups in total. The Kier molecular flexibility index (Phi) is 17.0. The number of benzene rings is 1. The molecule has 7 heteroatoms. The van der Waals surface area contributed by atoms with Gasteiger partial charge in [-0.25, -0.2) is 13.2 Å². The molecule has 0 aliphatic rings. The molecular formula is C27H41F3O4. The van der Waals surface area contributed by atoms with Crippen LogP contribution in [0, 0.1) is 17.5 Å². The maximum absolute atomic E-state index is 13.5. The molecule has 1 aromatic carbocycles. The van der Waals surface area contributed by atoms with Gasteiger partial charge in [0.15, 0.2) is 11.6 Å². The molecule has 4 nitrogen and oxygen atoms in total. The van der Waals surface area contributed by atoms with E-state index in [-0.39, 0.29) is 18.4 Å². The lowest BCUT2D eigenvalue weighted by Gasteiger charge is -2.07. The Morgan fingerprint density at radius 3 is 1.59 bits per heavy atom. The van der Waals surface area contributed by atoms with Gasteiger partial charge in [-0.1, -0.05) is 90.4 Å². The first-order chi connectivity index (χ1) is 16.4. The average Bonchev–Trinajstić information content (AvgIpc) is 2.81. The molecular weight excluding hydrogens is 445 g/mol. The minimum atomic E-state index is -1.31. The molecule has 194 valence electrons. The number of hydrogen-bond acceptors (Lipinski definition) is 4. The van der Waals surface area contributed by atoms with Gasteiger partial charge in [0.2, 0.25) is 0 Å². The van der Waals surface area contributed by atoms with Crippen LogP contribution in [0.15, 0.2) is 12.1 Å². The standard InChI is InChI=1S/C27H41F3O4/c1-2-3-4-5-6-7-8-9-10-11-12-13-14-15-18-33-26(31)16-17-27(32)34-21-22-19-24(29)25(30)20-23(22)28/h19-20H,2-18,21H2,1H3. The fourth-order valence-electron chi connectivity index (χ4n) is 3.66. The Bertz CT molecular complexity index is 709. The Hall–Kier alpha value is -2.05. The molecule has 0 radical (unpaired) electrons. The quantitative estimate of drug-likeness (QED) is 0.107. The van der Waals surface area contributed by atoms with Crippen LogP contribution in [0.25, 0.3) is 0 Å². The van der Waals surface area contributed by atoms with Crippen LogP contribution in [0.4, 0.5) is 13.2 Å². The molecule has 0 bridgehead atoms. The van der Waals surface area contributed by atoms with Crippen LogP contribution in [0.3, 0.4) is 0 Å². The van der Waals surface area contributed by atoms with E-state index in [9.17, 15) is 22.8 Å². The van der Waals surface area contributed by atoms with Crippen LogP contribution in [0.1, 0.15) is 115 Å². The van der Waals surface area contributed by atoms with Crippen molar-refractivity contribution in [3.05, 3.63) is 35.1 Å². The predicted octanol–water partition coefficient (Wildman–Crippen LogP) is 7.95. The second-order valence-electron chi connectivity index (χ2n) is 8.84. The zero-order valence-corrected chi connectivity index (χ0v) is 20.6. The molecule has 0 saturated heterocycles. The Morgan fingerprint density at radius 2 is 1.06 bits per heavy atom. The van der Waals surface area contributed by atoms with Crippen molar-refractivity contribution in [2.45, 2.75) is 116 Å².